The van der Waals surface area contributed by atoms with Crippen LogP contribution in [0.5, 0.6) is 0 Å². The molecule has 0 atom stereocenters. The van der Waals surface area contributed by atoms with E-state index < -0.39 is 12.6 Å². The van der Waals surface area contributed by atoms with Crippen LogP contribution in [-0.2, 0) is 13.0 Å². The second-order valence-corrected chi connectivity index (χ2v) is 4.43. The van der Waals surface area contributed by atoms with Crippen LogP contribution in [0, 0.1) is 0 Å². The summed E-state index contributed by atoms with van der Waals surface area (Å²) in [6.07, 6.45) is -3.73. The number of nitrogens with zero attached hydrogens (tertiary/aromatic N) is 2. The summed E-state index contributed by atoms with van der Waals surface area (Å²) in [4.78, 5) is 6.01. The van der Waals surface area contributed by atoms with Crippen LogP contribution in [0.3, 0.4) is 0 Å². The summed E-state index contributed by atoms with van der Waals surface area (Å²) in [5.74, 6) is 0. The van der Waals surface area contributed by atoms with Gasteiger partial charge in [-0.2, -0.15) is 13.2 Å². The molecule has 2 heterocycles. The number of hydrogen-bond donors (Lipinski definition) is 1. The summed E-state index contributed by atoms with van der Waals surface area (Å²) in [5.41, 5.74) is 0.820. The fraction of sp³-hybridized carbons (Fsp3) is 0.583. The van der Waals surface area contributed by atoms with E-state index in [4.69, 9.17) is 0 Å². The van der Waals surface area contributed by atoms with Crippen molar-refractivity contribution in [1.82, 2.24) is 15.2 Å². The predicted molar refractivity (Wildman–Crippen MR) is 62.1 cm³/mol. The Morgan fingerprint density at radius 3 is 2.67 bits per heavy atom. The Balaban J connectivity index is 2.06. The van der Waals surface area contributed by atoms with E-state index in [9.17, 15) is 13.2 Å². The van der Waals surface area contributed by atoms with E-state index >= 15 is 0 Å². The third-order valence-electron chi connectivity index (χ3n) is 2.96. The van der Waals surface area contributed by atoms with Crippen molar-refractivity contribution in [2.75, 3.05) is 26.2 Å². The molecule has 1 N–H and O–H groups in total. The monoisotopic (exact) mass is 259 g/mol. The average Bonchev–Trinajstić information content (AvgIpc) is 2.31. The van der Waals surface area contributed by atoms with E-state index in [1.807, 2.05) is 0 Å². The quantitative estimate of drug-likeness (QED) is 0.893. The summed E-state index contributed by atoms with van der Waals surface area (Å²) >= 11 is 0. The Kier molecular flexibility index (Phi) is 4.19. The molecule has 0 unspecified atom stereocenters. The van der Waals surface area contributed by atoms with Gasteiger partial charge in [0.05, 0.1) is 12.1 Å². The van der Waals surface area contributed by atoms with Crippen LogP contribution in [0.1, 0.15) is 11.3 Å². The highest BCUT2D eigenvalue weighted by molar-refractivity contribution is 5.20. The summed E-state index contributed by atoms with van der Waals surface area (Å²) in [5, 5.41) is 3.22. The maximum Gasteiger partial charge on any atom is 0.394 e. The highest BCUT2D eigenvalue weighted by atomic mass is 19.4. The van der Waals surface area contributed by atoms with Gasteiger partial charge < -0.3 is 5.32 Å². The molecule has 100 valence electrons. The molecule has 3 nitrogen and oxygen atoms in total. The van der Waals surface area contributed by atoms with Crippen molar-refractivity contribution in [2.45, 2.75) is 19.1 Å². The Bertz CT molecular complexity index is 386. The maximum absolute atomic E-state index is 12.4. The number of aromatic nitrogens is 1. The van der Waals surface area contributed by atoms with Gasteiger partial charge in [-0.25, -0.2) is 0 Å². The van der Waals surface area contributed by atoms with Crippen molar-refractivity contribution < 1.29 is 13.2 Å². The minimum atomic E-state index is -4.20. The second kappa shape index (κ2) is 5.67. The van der Waals surface area contributed by atoms with Crippen molar-refractivity contribution in [3.8, 4) is 0 Å². The van der Waals surface area contributed by atoms with E-state index in [0.29, 0.717) is 12.1 Å². The highest BCUT2D eigenvalue weighted by Gasteiger charge is 2.29. The molecule has 0 aliphatic carbocycles. The third-order valence-corrected chi connectivity index (χ3v) is 2.96. The van der Waals surface area contributed by atoms with Gasteiger partial charge in [-0.15, -0.1) is 0 Å². The van der Waals surface area contributed by atoms with Crippen molar-refractivity contribution >= 4 is 0 Å². The van der Waals surface area contributed by atoms with Gasteiger partial charge in [-0.3, -0.25) is 9.88 Å². The largest absolute Gasteiger partial charge is 0.394 e. The van der Waals surface area contributed by atoms with E-state index in [2.05, 4.69) is 15.2 Å². The molecule has 0 saturated carbocycles. The molecule has 1 fully saturated rings. The Morgan fingerprint density at radius 2 is 2.00 bits per heavy atom. The minimum Gasteiger partial charge on any atom is -0.314 e. The predicted octanol–water partition coefficient (Wildman–Crippen LogP) is 1.59. The number of halogens is 3. The third kappa shape index (κ3) is 3.96. The van der Waals surface area contributed by atoms with Crippen LogP contribution in [0.15, 0.2) is 18.3 Å². The van der Waals surface area contributed by atoms with Crippen molar-refractivity contribution in [2.24, 2.45) is 0 Å². The lowest BCUT2D eigenvalue weighted by Gasteiger charge is -2.27. The molecule has 0 amide bonds. The normalized spacial score (nSPS) is 17.9. The van der Waals surface area contributed by atoms with E-state index in [-0.39, 0.29) is 5.69 Å². The van der Waals surface area contributed by atoms with Gasteiger partial charge in [0.2, 0.25) is 0 Å². The van der Waals surface area contributed by atoms with Crippen LogP contribution in [-0.4, -0.2) is 42.2 Å². The van der Waals surface area contributed by atoms with Crippen LogP contribution >= 0.6 is 0 Å². The van der Waals surface area contributed by atoms with Crippen molar-refractivity contribution in [3.63, 3.8) is 0 Å². The average molecular weight is 259 g/mol. The lowest BCUT2D eigenvalue weighted by Crippen LogP contribution is -2.43. The number of rotatable bonds is 3. The molecular weight excluding hydrogens is 243 g/mol. The number of piperazine rings is 1. The molecule has 18 heavy (non-hydrogen) atoms. The first-order valence-corrected chi connectivity index (χ1v) is 5.97. The van der Waals surface area contributed by atoms with Crippen LogP contribution in [0.25, 0.3) is 0 Å². The van der Waals surface area contributed by atoms with Gasteiger partial charge in [-0.05, 0) is 11.6 Å². The zero-order chi connectivity index (χ0) is 13.0. The van der Waals surface area contributed by atoms with Gasteiger partial charge in [0.15, 0.2) is 0 Å². The Morgan fingerprint density at radius 1 is 1.28 bits per heavy atom. The number of hydrogen-bond acceptors (Lipinski definition) is 3. The Labute approximate surface area is 104 Å². The number of nitrogens with one attached hydrogen (secondary N) is 1. The first kappa shape index (κ1) is 13.3. The highest BCUT2D eigenvalue weighted by Crippen LogP contribution is 2.22. The maximum atomic E-state index is 12.4. The van der Waals surface area contributed by atoms with Gasteiger partial charge in [-0.1, -0.05) is 6.07 Å². The zero-order valence-corrected chi connectivity index (χ0v) is 10.0. The van der Waals surface area contributed by atoms with Crippen molar-refractivity contribution in [3.05, 3.63) is 29.6 Å². The SMILES string of the molecule is FC(F)(F)Cc1ncccc1CN1CCNCC1. The van der Waals surface area contributed by atoms with Gasteiger partial charge >= 0.3 is 6.18 Å². The van der Waals surface area contributed by atoms with E-state index in [0.717, 1.165) is 26.2 Å². The molecule has 0 spiro atoms. The molecule has 0 radical (unpaired) electrons. The van der Waals surface area contributed by atoms with Gasteiger partial charge in [0, 0.05) is 38.9 Å². The minimum absolute atomic E-state index is 0.142. The molecule has 1 aromatic heterocycles. The summed E-state index contributed by atoms with van der Waals surface area (Å²) < 4.78 is 37.3. The first-order chi connectivity index (χ1) is 8.54. The molecule has 2 rings (SSSR count). The summed E-state index contributed by atoms with van der Waals surface area (Å²) in [7, 11) is 0. The molecule has 1 aromatic rings. The molecule has 1 saturated heterocycles. The molecule has 6 heteroatoms. The second-order valence-electron chi connectivity index (χ2n) is 4.43. The van der Waals surface area contributed by atoms with Crippen LogP contribution in [0.2, 0.25) is 0 Å². The fourth-order valence-corrected chi connectivity index (χ4v) is 2.07. The van der Waals surface area contributed by atoms with E-state index in [1.165, 1.54) is 6.20 Å². The number of pyridine rings is 1. The lowest BCUT2D eigenvalue weighted by atomic mass is 10.1. The Hall–Kier alpha value is -1.14. The van der Waals surface area contributed by atoms with Crippen LogP contribution in [0.4, 0.5) is 13.2 Å². The molecule has 1 aliphatic rings. The molecule has 0 aromatic carbocycles. The topological polar surface area (TPSA) is 28.2 Å². The van der Waals surface area contributed by atoms with Crippen LogP contribution < -0.4 is 5.32 Å². The standard InChI is InChI=1S/C12H16F3N3/c13-12(14,15)8-11-10(2-1-3-17-11)9-18-6-4-16-5-7-18/h1-3,16H,4-9H2. The summed E-state index contributed by atoms with van der Waals surface area (Å²) in [6.45, 7) is 4.03. The smallest absolute Gasteiger partial charge is 0.314 e. The number of alkyl halides is 3. The fourth-order valence-electron chi connectivity index (χ4n) is 2.07. The first-order valence-electron chi connectivity index (χ1n) is 5.97. The molecule has 0 bridgehead atoms. The molecule has 1 aliphatic heterocycles. The zero-order valence-electron chi connectivity index (χ0n) is 10.0. The lowest BCUT2D eigenvalue weighted by molar-refractivity contribution is -0.128. The van der Waals surface area contributed by atoms with Crippen molar-refractivity contribution in [1.29, 1.82) is 0 Å². The van der Waals surface area contributed by atoms with E-state index in [1.54, 1.807) is 12.1 Å². The summed E-state index contributed by atoms with van der Waals surface area (Å²) in [6, 6.07) is 3.42. The van der Waals surface area contributed by atoms with Gasteiger partial charge in [0.25, 0.3) is 0 Å². The van der Waals surface area contributed by atoms with Gasteiger partial charge in [0.1, 0.15) is 0 Å². The molecular formula is C12H16F3N3.